The van der Waals surface area contributed by atoms with Crippen molar-refractivity contribution < 1.29 is 9.50 Å². The average molecular weight is 161 g/mol. The van der Waals surface area contributed by atoms with Gasteiger partial charge in [-0.15, -0.1) is 0 Å². The summed E-state index contributed by atoms with van der Waals surface area (Å²) >= 11 is 0. The maximum absolute atomic E-state index is 13.1. The zero-order chi connectivity index (χ0) is 8.55. The van der Waals surface area contributed by atoms with Crippen molar-refractivity contribution in [1.82, 2.24) is 0 Å². The second-order valence-electron chi connectivity index (χ2n) is 2.61. The van der Waals surface area contributed by atoms with Crippen LogP contribution in [0.1, 0.15) is 0 Å². The molecule has 0 saturated heterocycles. The van der Waals surface area contributed by atoms with Crippen LogP contribution in [0.2, 0.25) is 0 Å². The van der Waals surface area contributed by atoms with E-state index in [0.29, 0.717) is 10.8 Å². The molecule has 0 aliphatic heterocycles. The summed E-state index contributed by atoms with van der Waals surface area (Å²) < 4.78 is 13.1. The fourth-order valence-electron chi connectivity index (χ4n) is 1.25. The fourth-order valence-corrected chi connectivity index (χ4v) is 1.25. The van der Waals surface area contributed by atoms with Crippen molar-refractivity contribution in [2.45, 2.75) is 0 Å². The summed E-state index contributed by atoms with van der Waals surface area (Å²) in [6, 6.07) is 9.46. The van der Waals surface area contributed by atoms with E-state index in [4.69, 9.17) is 0 Å². The van der Waals surface area contributed by atoms with Gasteiger partial charge in [-0.3, -0.25) is 0 Å². The molecule has 0 amide bonds. The van der Waals surface area contributed by atoms with Gasteiger partial charge < -0.3 is 5.11 Å². The van der Waals surface area contributed by atoms with Gasteiger partial charge in [-0.1, -0.05) is 24.3 Å². The molecule has 0 aromatic heterocycles. The van der Waals surface area contributed by atoms with Crippen LogP contribution in [0, 0.1) is 5.82 Å². The number of benzene rings is 2. The summed E-state index contributed by atoms with van der Waals surface area (Å²) in [5, 5.41) is 10.3. The van der Waals surface area contributed by atoms with Crippen LogP contribution in [-0.2, 0) is 0 Å². The predicted octanol–water partition coefficient (Wildman–Crippen LogP) is 2.68. The van der Waals surface area contributed by atoms with Crippen LogP contribution in [0.3, 0.4) is 0 Å². The van der Waals surface area contributed by atoms with E-state index in [1.165, 1.54) is 12.1 Å². The summed E-state index contributed by atoms with van der Waals surface area (Å²) in [5.41, 5.74) is 0. The van der Waals surface area contributed by atoms with E-state index in [9.17, 15) is 9.50 Å². The second kappa shape index (κ2) is 2.48. The molecule has 0 aliphatic carbocycles. The smallest absolute Gasteiger partial charge is 0.131 e. The molecule has 2 aromatic rings. The maximum atomic E-state index is 13.1. The summed E-state index contributed by atoms with van der Waals surface area (Å²) in [4.78, 5) is 0. The SMILES string of the molecule is Oc1ccc([18F])c2ccccc12. The Morgan fingerprint density at radius 3 is 2.25 bits per heavy atom. The molecule has 0 spiro atoms. The lowest BCUT2D eigenvalue weighted by Gasteiger charge is -2.00. The lowest BCUT2D eigenvalue weighted by atomic mass is 10.1. The van der Waals surface area contributed by atoms with Crippen LogP contribution in [0.5, 0.6) is 5.75 Å². The summed E-state index contributed by atoms with van der Waals surface area (Å²) in [7, 11) is 0. The van der Waals surface area contributed by atoms with Gasteiger partial charge in [0.15, 0.2) is 0 Å². The number of fused-ring (bicyclic) bond motifs is 1. The Kier molecular flexibility index (Phi) is 1.47. The van der Waals surface area contributed by atoms with Gasteiger partial charge in [0.1, 0.15) is 11.6 Å². The highest BCUT2D eigenvalue weighted by Crippen LogP contribution is 2.25. The molecule has 0 aliphatic rings. The highest BCUT2D eigenvalue weighted by Gasteiger charge is 2.02. The Morgan fingerprint density at radius 2 is 1.58 bits per heavy atom. The molecule has 0 radical (unpaired) electrons. The van der Waals surface area contributed by atoms with Crippen molar-refractivity contribution in [3.05, 3.63) is 42.2 Å². The molecule has 0 saturated carbocycles. The van der Waals surface area contributed by atoms with Gasteiger partial charge >= 0.3 is 0 Å². The van der Waals surface area contributed by atoms with Crippen molar-refractivity contribution in [2.75, 3.05) is 0 Å². The topological polar surface area (TPSA) is 20.2 Å². The van der Waals surface area contributed by atoms with Crippen molar-refractivity contribution in [2.24, 2.45) is 0 Å². The zero-order valence-corrected chi connectivity index (χ0v) is 6.29. The molecular formula is C10H7FO. The third-order valence-corrected chi connectivity index (χ3v) is 1.85. The van der Waals surface area contributed by atoms with Crippen LogP contribution in [0.4, 0.5) is 4.39 Å². The lowest BCUT2D eigenvalue weighted by molar-refractivity contribution is 0.480. The molecule has 0 unspecified atom stereocenters. The van der Waals surface area contributed by atoms with Crippen LogP contribution >= 0.6 is 0 Å². The largest absolute Gasteiger partial charge is 0.507 e. The molecule has 1 nitrogen and oxygen atoms in total. The van der Waals surface area contributed by atoms with Gasteiger partial charge in [0.25, 0.3) is 0 Å². The van der Waals surface area contributed by atoms with Crippen LogP contribution in [-0.4, -0.2) is 5.11 Å². The number of hydrogen-bond acceptors (Lipinski definition) is 1. The third-order valence-electron chi connectivity index (χ3n) is 1.85. The van der Waals surface area contributed by atoms with Crippen LogP contribution in [0.25, 0.3) is 10.8 Å². The summed E-state index contributed by atoms with van der Waals surface area (Å²) in [6.07, 6.45) is 0. The van der Waals surface area contributed by atoms with E-state index in [-0.39, 0.29) is 11.6 Å². The first-order valence-corrected chi connectivity index (χ1v) is 3.65. The van der Waals surface area contributed by atoms with E-state index < -0.39 is 0 Å². The van der Waals surface area contributed by atoms with Crippen molar-refractivity contribution in [3.63, 3.8) is 0 Å². The Morgan fingerprint density at radius 1 is 0.917 bits per heavy atom. The minimum Gasteiger partial charge on any atom is -0.507 e. The van der Waals surface area contributed by atoms with Gasteiger partial charge in [-0.2, -0.15) is 0 Å². The van der Waals surface area contributed by atoms with Gasteiger partial charge in [0, 0.05) is 10.8 Å². The van der Waals surface area contributed by atoms with Gasteiger partial charge in [-0.05, 0) is 12.1 Å². The number of aromatic hydroxyl groups is 1. The standard InChI is InChI=1S/C10H7FO/c11-9-5-6-10(12)8-4-2-1-3-7(8)9/h1-6,12H/i11-1. The molecule has 12 heavy (non-hydrogen) atoms. The van der Waals surface area contributed by atoms with E-state index >= 15 is 0 Å². The van der Waals surface area contributed by atoms with Crippen molar-refractivity contribution in [1.29, 1.82) is 0 Å². The van der Waals surface area contributed by atoms with Crippen LogP contribution in [0.15, 0.2) is 36.4 Å². The Bertz CT molecular complexity index is 383. The second-order valence-corrected chi connectivity index (χ2v) is 2.61. The summed E-state index contributed by atoms with van der Waals surface area (Å²) in [6.45, 7) is 0. The van der Waals surface area contributed by atoms with Crippen molar-refractivity contribution in [3.8, 4) is 5.75 Å². The molecule has 2 aromatic carbocycles. The zero-order valence-electron chi connectivity index (χ0n) is 6.29. The minimum atomic E-state index is -0.302. The molecule has 0 heterocycles. The Balaban J connectivity index is 2.95. The Hall–Kier alpha value is -1.57. The molecule has 0 bridgehead atoms. The van der Waals surface area contributed by atoms with E-state index in [0.717, 1.165) is 0 Å². The van der Waals surface area contributed by atoms with Crippen molar-refractivity contribution >= 4 is 10.8 Å². The number of hydrogen-bond donors (Lipinski definition) is 1. The Labute approximate surface area is 69.1 Å². The number of rotatable bonds is 0. The molecule has 1 N–H and O–H groups in total. The highest BCUT2D eigenvalue weighted by atomic mass is 18.2. The fraction of sp³-hybridized carbons (Fsp3) is 0. The lowest BCUT2D eigenvalue weighted by Crippen LogP contribution is -1.78. The molecule has 0 atom stereocenters. The molecule has 2 heteroatoms. The number of phenolic OH excluding ortho intramolecular Hbond substituents is 1. The summed E-state index contributed by atoms with van der Waals surface area (Å²) in [5.74, 6) is -0.185. The maximum Gasteiger partial charge on any atom is 0.131 e. The molecule has 60 valence electrons. The minimum absolute atomic E-state index is 0.118. The highest BCUT2D eigenvalue weighted by molar-refractivity contribution is 5.88. The first kappa shape index (κ1) is 7.10. The number of phenols is 1. The number of halogens is 1. The first-order chi connectivity index (χ1) is 5.79. The average Bonchev–Trinajstić information content (AvgIpc) is 2.12. The molecule has 0 fully saturated rings. The van der Waals surface area contributed by atoms with Crippen LogP contribution < -0.4 is 0 Å². The van der Waals surface area contributed by atoms with E-state index in [1.54, 1.807) is 24.3 Å². The third kappa shape index (κ3) is 0.925. The predicted molar refractivity (Wildman–Crippen MR) is 45.6 cm³/mol. The van der Waals surface area contributed by atoms with E-state index in [2.05, 4.69) is 0 Å². The monoisotopic (exact) mass is 161 g/mol. The van der Waals surface area contributed by atoms with Gasteiger partial charge in [0.05, 0.1) is 0 Å². The van der Waals surface area contributed by atoms with Gasteiger partial charge in [-0.25, -0.2) is 4.39 Å². The van der Waals surface area contributed by atoms with E-state index in [1.807, 2.05) is 0 Å². The molecule has 2 rings (SSSR count). The van der Waals surface area contributed by atoms with Gasteiger partial charge in [0.2, 0.25) is 0 Å². The normalized spacial score (nSPS) is 10.4. The quantitative estimate of drug-likeness (QED) is 0.629. The molecular weight excluding hydrogens is 154 g/mol. The first-order valence-electron chi connectivity index (χ1n) is 3.65.